The van der Waals surface area contributed by atoms with Crippen molar-refractivity contribution >= 4 is 17.2 Å². The standard InChI is InChI=1S/C14H20N2O2S/c1-3-18-8-6-14(17)16(2)10-12-9-13(19-11-12)5-4-7-15/h9,11H,3,6-8,10,15H2,1-2H3. The third-order valence-corrected chi connectivity index (χ3v) is 3.37. The Hall–Kier alpha value is -1.35. The molecule has 19 heavy (non-hydrogen) atoms. The summed E-state index contributed by atoms with van der Waals surface area (Å²) in [5, 5.41) is 2.02. The molecule has 4 nitrogen and oxygen atoms in total. The van der Waals surface area contributed by atoms with Gasteiger partial charge in [0.15, 0.2) is 0 Å². The number of rotatable bonds is 6. The third-order valence-electron chi connectivity index (χ3n) is 2.48. The first-order chi connectivity index (χ1) is 9.17. The molecular weight excluding hydrogens is 260 g/mol. The van der Waals surface area contributed by atoms with Crippen LogP contribution in [0.2, 0.25) is 0 Å². The number of hydrogen-bond donors (Lipinski definition) is 1. The summed E-state index contributed by atoms with van der Waals surface area (Å²) in [7, 11) is 1.80. The lowest BCUT2D eigenvalue weighted by Crippen LogP contribution is -2.26. The molecule has 0 aliphatic rings. The molecule has 1 aromatic rings. The molecule has 0 spiro atoms. The summed E-state index contributed by atoms with van der Waals surface area (Å²) < 4.78 is 5.18. The van der Waals surface area contributed by atoms with Crippen LogP contribution in [0.1, 0.15) is 23.8 Å². The van der Waals surface area contributed by atoms with E-state index in [1.165, 1.54) is 0 Å². The summed E-state index contributed by atoms with van der Waals surface area (Å²) in [6.07, 6.45) is 0.425. The summed E-state index contributed by atoms with van der Waals surface area (Å²) in [6.45, 7) is 4.01. The molecule has 1 heterocycles. The molecule has 0 aromatic carbocycles. The molecule has 1 aromatic heterocycles. The fraction of sp³-hybridized carbons (Fsp3) is 0.500. The minimum absolute atomic E-state index is 0.0919. The van der Waals surface area contributed by atoms with Crippen molar-refractivity contribution in [3.63, 3.8) is 0 Å². The first-order valence-corrected chi connectivity index (χ1v) is 7.13. The fourth-order valence-corrected chi connectivity index (χ4v) is 2.29. The molecule has 0 aliphatic carbocycles. The number of amides is 1. The molecule has 0 saturated carbocycles. The van der Waals surface area contributed by atoms with Gasteiger partial charge in [0.1, 0.15) is 0 Å². The number of ether oxygens (including phenoxy) is 1. The second-order valence-electron chi connectivity index (χ2n) is 4.02. The Balaban J connectivity index is 2.45. The molecule has 1 rings (SSSR count). The number of thiophene rings is 1. The van der Waals surface area contributed by atoms with Gasteiger partial charge in [-0.05, 0) is 23.9 Å². The number of hydrogen-bond acceptors (Lipinski definition) is 4. The molecule has 0 aliphatic heterocycles. The average Bonchev–Trinajstić information content (AvgIpc) is 2.84. The quantitative estimate of drug-likeness (QED) is 0.634. The van der Waals surface area contributed by atoms with Gasteiger partial charge in [-0.1, -0.05) is 11.8 Å². The summed E-state index contributed by atoms with van der Waals surface area (Å²) in [5.41, 5.74) is 6.42. The topological polar surface area (TPSA) is 55.6 Å². The Kier molecular flexibility index (Phi) is 7.19. The molecule has 0 atom stereocenters. The third kappa shape index (κ3) is 5.88. The number of nitrogens with two attached hydrogens (primary N) is 1. The van der Waals surface area contributed by atoms with E-state index in [0.717, 1.165) is 10.4 Å². The van der Waals surface area contributed by atoms with E-state index < -0.39 is 0 Å². The Bertz CT molecular complexity index is 460. The molecule has 1 amide bonds. The lowest BCUT2D eigenvalue weighted by atomic mass is 10.2. The van der Waals surface area contributed by atoms with Gasteiger partial charge in [-0.25, -0.2) is 0 Å². The van der Waals surface area contributed by atoms with E-state index in [9.17, 15) is 4.79 Å². The van der Waals surface area contributed by atoms with Gasteiger partial charge in [-0.15, -0.1) is 11.3 Å². The molecule has 0 bridgehead atoms. The van der Waals surface area contributed by atoms with Crippen LogP contribution in [0.15, 0.2) is 11.4 Å². The minimum Gasteiger partial charge on any atom is -0.381 e. The van der Waals surface area contributed by atoms with Crippen molar-refractivity contribution in [2.24, 2.45) is 5.73 Å². The Morgan fingerprint density at radius 2 is 2.37 bits per heavy atom. The highest BCUT2D eigenvalue weighted by molar-refractivity contribution is 7.10. The van der Waals surface area contributed by atoms with Crippen molar-refractivity contribution in [2.75, 3.05) is 26.8 Å². The van der Waals surface area contributed by atoms with Crippen molar-refractivity contribution in [1.82, 2.24) is 4.90 Å². The maximum Gasteiger partial charge on any atom is 0.224 e. The molecule has 0 saturated heterocycles. The van der Waals surface area contributed by atoms with Gasteiger partial charge in [0.2, 0.25) is 5.91 Å². The van der Waals surface area contributed by atoms with Gasteiger partial charge in [0.25, 0.3) is 0 Å². The second-order valence-corrected chi connectivity index (χ2v) is 4.93. The second kappa shape index (κ2) is 8.70. The number of nitrogens with zero attached hydrogens (tertiary/aromatic N) is 1. The van der Waals surface area contributed by atoms with Crippen LogP contribution in [0, 0.1) is 11.8 Å². The van der Waals surface area contributed by atoms with Gasteiger partial charge in [0, 0.05) is 20.2 Å². The van der Waals surface area contributed by atoms with E-state index in [0.29, 0.717) is 32.7 Å². The Morgan fingerprint density at radius 3 is 3.05 bits per heavy atom. The number of carbonyl (C=O) groups is 1. The molecule has 5 heteroatoms. The van der Waals surface area contributed by atoms with E-state index in [4.69, 9.17) is 10.5 Å². The molecule has 2 N–H and O–H groups in total. The Morgan fingerprint density at radius 1 is 1.58 bits per heavy atom. The lowest BCUT2D eigenvalue weighted by Gasteiger charge is -2.16. The first kappa shape index (κ1) is 15.7. The minimum atomic E-state index is 0.0919. The van der Waals surface area contributed by atoms with Crippen molar-refractivity contribution in [3.05, 3.63) is 21.9 Å². The molecule has 0 fully saturated rings. The predicted octanol–water partition coefficient (Wildman–Crippen LogP) is 1.44. The highest BCUT2D eigenvalue weighted by Crippen LogP contribution is 2.15. The summed E-state index contributed by atoms with van der Waals surface area (Å²) in [5.74, 6) is 5.90. The van der Waals surface area contributed by atoms with Crippen LogP contribution in [0.25, 0.3) is 0 Å². The normalized spacial score (nSPS) is 9.84. The zero-order valence-electron chi connectivity index (χ0n) is 11.4. The smallest absolute Gasteiger partial charge is 0.224 e. The zero-order chi connectivity index (χ0) is 14.1. The van der Waals surface area contributed by atoms with Crippen LogP contribution >= 0.6 is 11.3 Å². The van der Waals surface area contributed by atoms with E-state index in [1.54, 1.807) is 23.3 Å². The molecule has 0 radical (unpaired) electrons. The van der Waals surface area contributed by atoms with Gasteiger partial charge >= 0.3 is 0 Å². The van der Waals surface area contributed by atoms with Gasteiger partial charge in [0.05, 0.1) is 24.4 Å². The fourth-order valence-electron chi connectivity index (χ4n) is 1.52. The SMILES string of the molecule is CCOCCC(=O)N(C)Cc1csc(C#CCN)c1. The van der Waals surface area contributed by atoms with Crippen LogP contribution < -0.4 is 5.73 Å². The summed E-state index contributed by atoms with van der Waals surface area (Å²) >= 11 is 1.57. The van der Waals surface area contributed by atoms with Gasteiger partial charge in [-0.2, -0.15) is 0 Å². The number of carbonyl (C=O) groups excluding carboxylic acids is 1. The largest absolute Gasteiger partial charge is 0.381 e. The maximum absolute atomic E-state index is 11.8. The van der Waals surface area contributed by atoms with E-state index in [2.05, 4.69) is 11.8 Å². The summed E-state index contributed by atoms with van der Waals surface area (Å²) in [4.78, 5) is 14.5. The van der Waals surface area contributed by atoms with Crippen molar-refractivity contribution in [1.29, 1.82) is 0 Å². The highest BCUT2D eigenvalue weighted by atomic mass is 32.1. The van der Waals surface area contributed by atoms with E-state index >= 15 is 0 Å². The van der Waals surface area contributed by atoms with Crippen molar-refractivity contribution < 1.29 is 9.53 Å². The maximum atomic E-state index is 11.8. The first-order valence-electron chi connectivity index (χ1n) is 6.25. The van der Waals surface area contributed by atoms with Gasteiger partial charge in [-0.3, -0.25) is 4.79 Å². The van der Waals surface area contributed by atoms with Crippen LogP contribution in [0.5, 0.6) is 0 Å². The predicted molar refractivity (Wildman–Crippen MR) is 77.8 cm³/mol. The van der Waals surface area contributed by atoms with Gasteiger partial charge < -0.3 is 15.4 Å². The van der Waals surface area contributed by atoms with Crippen molar-refractivity contribution in [2.45, 2.75) is 19.9 Å². The average molecular weight is 280 g/mol. The highest BCUT2D eigenvalue weighted by Gasteiger charge is 2.09. The molecule has 104 valence electrons. The van der Waals surface area contributed by atoms with Crippen molar-refractivity contribution in [3.8, 4) is 11.8 Å². The van der Waals surface area contributed by atoms with E-state index in [-0.39, 0.29) is 5.91 Å². The monoisotopic (exact) mass is 280 g/mol. The Labute approximate surface area is 118 Å². The van der Waals surface area contributed by atoms with Crippen LogP contribution in [-0.4, -0.2) is 37.6 Å². The zero-order valence-corrected chi connectivity index (χ0v) is 12.3. The van der Waals surface area contributed by atoms with E-state index in [1.807, 2.05) is 18.4 Å². The van der Waals surface area contributed by atoms with Crippen LogP contribution in [-0.2, 0) is 16.1 Å². The van der Waals surface area contributed by atoms with Crippen LogP contribution in [0.4, 0.5) is 0 Å². The molecular formula is C14H20N2O2S. The lowest BCUT2D eigenvalue weighted by molar-refractivity contribution is -0.131. The van der Waals surface area contributed by atoms with Crippen LogP contribution in [0.3, 0.4) is 0 Å². The molecule has 0 unspecified atom stereocenters. The summed E-state index contributed by atoms with van der Waals surface area (Å²) in [6, 6.07) is 2.00.